The summed E-state index contributed by atoms with van der Waals surface area (Å²) in [6.07, 6.45) is 0.410. The van der Waals surface area contributed by atoms with Crippen molar-refractivity contribution in [1.82, 2.24) is 4.90 Å². The molecule has 1 aromatic rings. The number of hydrogen-bond acceptors (Lipinski definition) is 4. The van der Waals surface area contributed by atoms with Crippen molar-refractivity contribution in [2.24, 2.45) is 5.92 Å². The van der Waals surface area contributed by atoms with E-state index in [0.29, 0.717) is 31.2 Å². The largest absolute Gasteiger partial charge is 0.481 e. The van der Waals surface area contributed by atoms with E-state index in [1.807, 2.05) is 24.3 Å². The predicted molar refractivity (Wildman–Crippen MR) is 106 cm³/mol. The average molecular weight is 391 g/mol. The molecule has 0 radical (unpaired) electrons. The second-order valence-electron chi connectivity index (χ2n) is 7.44. The lowest BCUT2D eigenvalue weighted by Crippen LogP contribution is -2.50. The summed E-state index contributed by atoms with van der Waals surface area (Å²) in [5.74, 6) is -0.190. The smallest absolute Gasteiger partial charge is 0.305 e. The molecule has 0 spiro atoms. The van der Waals surface area contributed by atoms with Crippen LogP contribution in [0.15, 0.2) is 24.3 Å². The van der Waals surface area contributed by atoms with Gasteiger partial charge >= 0.3 is 5.97 Å². The van der Waals surface area contributed by atoms with Gasteiger partial charge in [-0.1, -0.05) is 26.0 Å². The lowest BCUT2D eigenvalue weighted by molar-refractivity contribution is -0.143. The van der Waals surface area contributed by atoms with Crippen molar-refractivity contribution in [3.05, 3.63) is 29.8 Å². The third kappa shape index (κ3) is 4.29. The van der Waals surface area contributed by atoms with Crippen LogP contribution in [0.1, 0.15) is 38.2 Å². The maximum atomic E-state index is 13.0. The minimum absolute atomic E-state index is 0.0694. The number of benzene rings is 1. The first kappa shape index (κ1) is 19.7. The molecule has 2 amide bonds. The third-order valence-corrected chi connectivity index (χ3v) is 6.39. The fourth-order valence-corrected chi connectivity index (χ4v) is 4.78. The normalized spacial score (nSPS) is 23.1. The predicted octanol–water partition coefficient (Wildman–Crippen LogP) is 2.58. The van der Waals surface area contributed by atoms with E-state index in [2.05, 4.69) is 13.8 Å². The zero-order valence-electron chi connectivity index (χ0n) is 15.8. The fraction of sp³-hybridized carbons (Fsp3) is 0.550. The zero-order chi connectivity index (χ0) is 19.6. The van der Waals surface area contributed by atoms with Crippen LogP contribution in [0.5, 0.6) is 0 Å². The van der Waals surface area contributed by atoms with E-state index in [1.165, 1.54) is 5.56 Å². The summed E-state index contributed by atoms with van der Waals surface area (Å²) in [5, 5.41) is 9.11. The number of aliphatic carboxylic acids is 1. The monoisotopic (exact) mass is 390 g/mol. The molecule has 2 aliphatic rings. The maximum absolute atomic E-state index is 13.0. The summed E-state index contributed by atoms with van der Waals surface area (Å²) in [5.41, 5.74) is 2.02. The lowest BCUT2D eigenvalue weighted by atomic mass is 10.0. The third-order valence-electron chi connectivity index (χ3n) is 5.30. The Morgan fingerprint density at radius 1 is 1.22 bits per heavy atom. The van der Waals surface area contributed by atoms with E-state index in [-0.39, 0.29) is 24.3 Å². The minimum Gasteiger partial charge on any atom is -0.481 e. The molecule has 1 N–H and O–H groups in total. The number of amides is 2. The molecule has 2 fully saturated rings. The zero-order valence-corrected chi connectivity index (χ0v) is 16.6. The Hall–Kier alpha value is -2.02. The molecule has 0 saturated carbocycles. The fourth-order valence-electron chi connectivity index (χ4n) is 3.72. The Balaban J connectivity index is 1.71. The van der Waals surface area contributed by atoms with Gasteiger partial charge in [0, 0.05) is 30.3 Å². The van der Waals surface area contributed by atoms with Gasteiger partial charge in [0.2, 0.25) is 11.8 Å². The van der Waals surface area contributed by atoms with Crippen LogP contribution in [0.2, 0.25) is 0 Å². The van der Waals surface area contributed by atoms with E-state index in [4.69, 9.17) is 5.11 Å². The molecule has 0 aromatic heterocycles. The number of carboxylic acids is 1. The SMILES string of the molecule is CC(C)c1ccc(N2CCC(C(=O)N3CCSCC3CC(=O)O)C2=O)cc1. The van der Waals surface area contributed by atoms with Crippen molar-refractivity contribution in [1.29, 1.82) is 0 Å². The van der Waals surface area contributed by atoms with Crippen LogP contribution in [0, 0.1) is 5.92 Å². The first-order valence-corrected chi connectivity index (χ1v) is 10.5. The van der Waals surface area contributed by atoms with Crippen molar-refractivity contribution < 1.29 is 19.5 Å². The van der Waals surface area contributed by atoms with Crippen molar-refractivity contribution in [3.8, 4) is 0 Å². The lowest BCUT2D eigenvalue weighted by Gasteiger charge is -2.36. The molecule has 2 aliphatic heterocycles. The first-order valence-electron chi connectivity index (χ1n) is 9.40. The molecule has 0 aliphatic carbocycles. The number of hydrogen-bond donors (Lipinski definition) is 1. The standard InChI is InChI=1S/C20H26N2O4S/c1-13(2)14-3-5-15(6-4-14)21-8-7-17(19(21)25)20(26)22-9-10-27-12-16(22)11-18(23)24/h3-6,13,16-17H,7-12H2,1-2H3,(H,23,24). The molecular formula is C20H26N2O4S. The Bertz CT molecular complexity index is 719. The number of anilines is 1. The van der Waals surface area contributed by atoms with Crippen LogP contribution in [-0.2, 0) is 14.4 Å². The number of carbonyl (C=O) groups excluding carboxylic acids is 2. The Labute approximate surface area is 163 Å². The molecule has 2 heterocycles. The van der Waals surface area contributed by atoms with Crippen molar-refractivity contribution in [3.63, 3.8) is 0 Å². The number of carboxylic acid groups (broad SMARTS) is 1. The summed E-state index contributed by atoms with van der Waals surface area (Å²) < 4.78 is 0. The van der Waals surface area contributed by atoms with Gasteiger partial charge in [0.15, 0.2) is 0 Å². The van der Waals surface area contributed by atoms with E-state index in [1.54, 1.807) is 21.6 Å². The molecule has 2 atom stereocenters. The van der Waals surface area contributed by atoms with Crippen LogP contribution in [0.4, 0.5) is 5.69 Å². The molecule has 7 heteroatoms. The highest BCUT2D eigenvalue weighted by atomic mass is 32.2. The van der Waals surface area contributed by atoms with E-state index in [9.17, 15) is 14.4 Å². The van der Waals surface area contributed by atoms with Crippen LogP contribution in [0.25, 0.3) is 0 Å². The summed E-state index contributed by atoms with van der Waals surface area (Å²) in [4.78, 5) is 40.3. The molecule has 6 nitrogen and oxygen atoms in total. The van der Waals surface area contributed by atoms with Crippen molar-refractivity contribution in [2.75, 3.05) is 29.5 Å². The summed E-state index contributed by atoms with van der Waals surface area (Å²) in [6.45, 7) is 5.26. The van der Waals surface area contributed by atoms with Gasteiger partial charge in [0.05, 0.1) is 12.5 Å². The van der Waals surface area contributed by atoms with Gasteiger partial charge < -0.3 is 14.9 Å². The van der Waals surface area contributed by atoms with Gasteiger partial charge in [0.1, 0.15) is 5.92 Å². The highest BCUT2D eigenvalue weighted by molar-refractivity contribution is 7.99. The van der Waals surface area contributed by atoms with E-state index < -0.39 is 11.9 Å². The molecular weight excluding hydrogens is 364 g/mol. The Morgan fingerprint density at radius 3 is 2.56 bits per heavy atom. The van der Waals surface area contributed by atoms with Crippen LogP contribution < -0.4 is 4.90 Å². The highest BCUT2D eigenvalue weighted by Gasteiger charge is 2.42. The van der Waals surface area contributed by atoms with Gasteiger partial charge in [-0.15, -0.1) is 0 Å². The topological polar surface area (TPSA) is 77.9 Å². The molecule has 0 bridgehead atoms. The van der Waals surface area contributed by atoms with Gasteiger partial charge in [-0.25, -0.2) is 0 Å². The van der Waals surface area contributed by atoms with E-state index >= 15 is 0 Å². The molecule has 146 valence electrons. The quantitative estimate of drug-likeness (QED) is 0.782. The van der Waals surface area contributed by atoms with Gasteiger partial charge in [-0.05, 0) is 30.0 Å². The number of nitrogens with zero attached hydrogens (tertiary/aromatic N) is 2. The second-order valence-corrected chi connectivity index (χ2v) is 8.59. The average Bonchev–Trinajstić information content (AvgIpc) is 3.02. The number of carbonyl (C=O) groups is 3. The number of rotatable bonds is 5. The molecule has 1 aromatic carbocycles. The Morgan fingerprint density at radius 2 is 1.93 bits per heavy atom. The van der Waals surface area contributed by atoms with Crippen molar-refractivity contribution >= 4 is 35.2 Å². The second kappa shape index (κ2) is 8.33. The van der Waals surface area contributed by atoms with Crippen molar-refractivity contribution in [2.45, 2.75) is 38.6 Å². The van der Waals surface area contributed by atoms with Crippen LogP contribution >= 0.6 is 11.8 Å². The summed E-state index contributed by atoms with van der Waals surface area (Å²) in [7, 11) is 0. The van der Waals surface area contributed by atoms with Gasteiger partial charge in [-0.2, -0.15) is 11.8 Å². The van der Waals surface area contributed by atoms with Gasteiger partial charge in [-0.3, -0.25) is 14.4 Å². The maximum Gasteiger partial charge on any atom is 0.305 e. The van der Waals surface area contributed by atoms with Crippen LogP contribution in [0.3, 0.4) is 0 Å². The molecule has 2 unspecified atom stereocenters. The summed E-state index contributed by atoms with van der Waals surface area (Å²) in [6, 6.07) is 7.58. The first-order chi connectivity index (χ1) is 12.9. The minimum atomic E-state index is -0.912. The molecule has 2 saturated heterocycles. The van der Waals surface area contributed by atoms with Gasteiger partial charge in [0.25, 0.3) is 0 Å². The Kier molecular flexibility index (Phi) is 6.09. The molecule has 27 heavy (non-hydrogen) atoms. The van der Waals surface area contributed by atoms with E-state index in [0.717, 1.165) is 11.4 Å². The van der Waals surface area contributed by atoms with Crippen LogP contribution in [-0.4, -0.2) is 58.4 Å². The molecule has 3 rings (SSSR count). The number of thioether (sulfide) groups is 1. The highest BCUT2D eigenvalue weighted by Crippen LogP contribution is 2.30. The summed E-state index contributed by atoms with van der Waals surface area (Å²) >= 11 is 1.66.